The van der Waals surface area contributed by atoms with Crippen molar-refractivity contribution in [1.82, 2.24) is 0 Å². The normalized spacial score (nSPS) is 7.50. The number of hydrogen-bond donors (Lipinski definition) is 1. The Hall–Kier alpha value is 0.600. The van der Waals surface area contributed by atoms with Crippen molar-refractivity contribution in [3.63, 3.8) is 0 Å². The van der Waals surface area contributed by atoms with Crippen LogP contribution < -0.4 is 0 Å². The Labute approximate surface area is 33.5 Å². The highest BCUT2D eigenvalue weighted by Gasteiger charge is 1.60. The third kappa shape index (κ3) is 2.60. The molecule has 0 bridgehead atoms. The number of halogens is 1. The fraction of sp³-hybridized carbons (Fsp3) is 1.00. The van der Waals surface area contributed by atoms with Crippen LogP contribution in [0.25, 0.3) is 0 Å². The van der Waals surface area contributed by atoms with Gasteiger partial charge in [0.15, 0.2) is 0 Å². The Morgan fingerprint density at radius 2 is 2.25 bits per heavy atom. The van der Waals surface area contributed by atoms with E-state index in [1.54, 1.807) is 0 Å². The van der Waals surface area contributed by atoms with Gasteiger partial charge in [0.05, 0.1) is 0 Å². The van der Waals surface area contributed by atoms with Crippen molar-refractivity contribution in [2.24, 2.45) is 0 Å². The van der Waals surface area contributed by atoms with Crippen LogP contribution in [0.15, 0.2) is 0 Å². The molecular weight excluding hydrogens is 95.5 g/mol. The van der Waals surface area contributed by atoms with E-state index in [2.05, 4.69) is 0 Å². The Balaban J connectivity index is 1.97. The maximum absolute atomic E-state index is 7.71. The Bertz CT molecular complexity index is 10.0. The summed E-state index contributed by atoms with van der Waals surface area (Å²) in [6.07, 6.45) is 0. The van der Waals surface area contributed by atoms with Crippen LogP contribution in [0, 0.1) is 0 Å². The largest absolute Gasteiger partial charge is 0.385 e. The van der Waals surface area contributed by atoms with Crippen molar-refractivity contribution < 1.29 is 5.11 Å². The molecule has 0 unspecified atom stereocenters. The highest BCUT2D eigenvalue weighted by Crippen LogP contribution is 1.99. The third-order valence-corrected chi connectivity index (χ3v) is 0.439. The third-order valence-electron chi connectivity index (χ3n) is 0.0488. The lowest BCUT2D eigenvalue weighted by Gasteiger charge is -1.66. The minimum absolute atomic E-state index is 0.00154. The van der Waals surface area contributed by atoms with Crippen LogP contribution in [0.5, 0.6) is 0 Å². The van der Waals surface area contributed by atoms with Crippen molar-refractivity contribution in [2.75, 3.05) is 5.94 Å². The van der Waals surface area contributed by atoms with Crippen LogP contribution in [-0.2, 0) is 0 Å². The molecule has 3 heteroatoms. The van der Waals surface area contributed by atoms with Crippen molar-refractivity contribution in [3.8, 4) is 0 Å². The highest BCUT2D eigenvalue weighted by molar-refractivity contribution is 8.20. The lowest BCUT2D eigenvalue weighted by Crippen LogP contribution is -1.56. The molecule has 0 saturated heterocycles. The summed E-state index contributed by atoms with van der Waals surface area (Å²) in [5, 5.41) is 7.71. The molecule has 0 aromatic heterocycles. The van der Waals surface area contributed by atoms with Gasteiger partial charge in [-0.15, -0.1) is 0 Å². The van der Waals surface area contributed by atoms with Crippen molar-refractivity contribution in [1.29, 1.82) is 0 Å². The van der Waals surface area contributed by atoms with E-state index in [1.165, 1.54) is 0 Å². The zero-order valence-electron chi connectivity index (χ0n) is 1.94. The van der Waals surface area contributed by atoms with E-state index in [1.807, 2.05) is 0 Å². The summed E-state index contributed by atoms with van der Waals surface area (Å²) < 4.78 is 0. The van der Waals surface area contributed by atoms with Crippen LogP contribution >= 0.6 is 21.7 Å². The minimum atomic E-state index is 0.00154. The number of aliphatic hydroxyl groups is 1. The molecule has 0 atom stereocenters. The molecule has 0 aromatic carbocycles. The first-order valence-electron chi connectivity index (χ1n) is 0.759. The lowest BCUT2D eigenvalue weighted by atomic mass is 11.7. The van der Waals surface area contributed by atoms with E-state index < -0.39 is 0 Å². The number of rotatable bonds is 1. The summed E-state index contributed by atoms with van der Waals surface area (Å²) in [5.74, 6) is 0.00154. The second-order valence-electron chi connectivity index (χ2n) is 0.238. The van der Waals surface area contributed by atoms with Gasteiger partial charge in [0.1, 0.15) is 5.94 Å². The molecule has 0 heterocycles. The molecule has 0 aliphatic carbocycles. The van der Waals surface area contributed by atoms with Gasteiger partial charge in [-0.25, -0.2) is 0 Å². The molecule has 0 saturated carbocycles. The van der Waals surface area contributed by atoms with Crippen LogP contribution in [0.4, 0.5) is 0 Å². The van der Waals surface area contributed by atoms with E-state index in [0.29, 0.717) is 0 Å². The van der Waals surface area contributed by atoms with Gasteiger partial charge in [-0.2, -0.15) is 0 Å². The van der Waals surface area contributed by atoms with E-state index in [9.17, 15) is 0 Å². The first kappa shape index (κ1) is 4.60. The summed E-state index contributed by atoms with van der Waals surface area (Å²) in [4.78, 5) is 0. The zero-order valence-corrected chi connectivity index (χ0v) is 3.51. The number of aliphatic hydroxyl groups excluding tert-OH is 1. The quantitative estimate of drug-likeness (QED) is 0.490. The predicted octanol–water partition coefficient (Wildman–Crippen LogP) is 0.823. The fourth-order valence-electron chi connectivity index (χ4n) is 0. The molecule has 4 heavy (non-hydrogen) atoms. The van der Waals surface area contributed by atoms with Gasteiger partial charge >= 0.3 is 0 Å². The van der Waals surface area contributed by atoms with Crippen LogP contribution in [0.2, 0.25) is 0 Å². The summed E-state index contributed by atoms with van der Waals surface area (Å²) in [5.41, 5.74) is 0. The van der Waals surface area contributed by atoms with Gasteiger partial charge in [-0.3, -0.25) is 0 Å². The molecule has 1 N–H and O–H groups in total. The maximum atomic E-state index is 7.71. The smallest absolute Gasteiger partial charge is 0.103 e. The zero-order chi connectivity index (χ0) is 3.41. The average Bonchev–Trinajstić information content (AvgIpc) is 1.37. The van der Waals surface area contributed by atoms with Crippen LogP contribution in [0.3, 0.4) is 0 Å². The molecule has 0 rings (SSSR count). The monoisotopic (exact) mass is 98.0 g/mol. The van der Waals surface area contributed by atoms with E-state index in [-0.39, 0.29) is 5.94 Å². The lowest BCUT2D eigenvalue weighted by molar-refractivity contribution is 0.376. The first-order chi connectivity index (χ1) is 1.91. The summed E-state index contributed by atoms with van der Waals surface area (Å²) >= 11 is 0. The Morgan fingerprint density at radius 1 is 2.00 bits per heavy atom. The van der Waals surface area contributed by atoms with Gasteiger partial charge in [0.2, 0.25) is 0 Å². The first-order valence-corrected chi connectivity index (χ1v) is 2.57. The SMILES string of the molecule is OCSCl. The van der Waals surface area contributed by atoms with Crippen molar-refractivity contribution in [3.05, 3.63) is 0 Å². The highest BCUT2D eigenvalue weighted by atomic mass is 35.7. The van der Waals surface area contributed by atoms with Gasteiger partial charge in [0, 0.05) is 0 Å². The molecule has 1 nitrogen and oxygen atoms in total. The molecule has 0 aromatic rings. The molecule has 0 radical (unpaired) electrons. The second-order valence-corrected chi connectivity index (χ2v) is 1.37. The van der Waals surface area contributed by atoms with Gasteiger partial charge in [-0.1, -0.05) is 0 Å². The average molecular weight is 98.6 g/mol. The molecule has 0 fully saturated rings. The van der Waals surface area contributed by atoms with E-state index in [4.69, 9.17) is 15.8 Å². The summed E-state index contributed by atoms with van der Waals surface area (Å²) in [6, 6.07) is 0. The number of hydrogen-bond acceptors (Lipinski definition) is 2. The Morgan fingerprint density at radius 3 is 2.25 bits per heavy atom. The minimum Gasteiger partial charge on any atom is -0.385 e. The van der Waals surface area contributed by atoms with Crippen LogP contribution in [0.1, 0.15) is 0 Å². The molecule has 0 spiro atoms. The fourth-order valence-corrected chi connectivity index (χ4v) is 0. The van der Waals surface area contributed by atoms with Gasteiger partial charge in [-0.05, 0) is 21.7 Å². The topological polar surface area (TPSA) is 20.2 Å². The summed E-state index contributed by atoms with van der Waals surface area (Å²) in [7, 11) is 5.74. The molecular formula is CH3ClOS. The van der Waals surface area contributed by atoms with Gasteiger partial charge < -0.3 is 5.11 Å². The standard InChI is InChI=1S/CH3ClOS/c2-4-1-3/h3H,1H2. The molecule has 0 amide bonds. The van der Waals surface area contributed by atoms with E-state index >= 15 is 0 Å². The van der Waals surface area contributed by atoms with Gasteiger partial charge in [0.25, 0.3) is 0 Å². The maximum Gasteiger partial charge on any atom is 0.103 e. The van der Waals surface area contributed by atoms with Crippen molar-refractivity contribution >= 4 is 21.7 Å². The second kappa shape index (κ2) is 3.60. The predicted molar refractivity (Wildman–Crippen MR) is 20.5 cm³/mol. The van der Waals surface area contributed by atoms with Crippen molar-refractivity contribution in [2.45, 2.75) is 0 Å². The molecule has 26 valence electrons. The Kier molecular flexibility index (Phi) is 4.14. The summed E-state index contributed by atoms with van der Waals surface area (Å²) in [6.45, 7) is 0. The van der Waals surface area contributed by atoms with Crippen LogP contribution in [-0.4, -0.2) is 11.0 Å². The molecule has 0 aliphatic heterocycles. The van der Waals surface area contributed by atoms with E-state index in [0.717, 1.165) is 11.0 Å². The molecule has 0 aliphatic rings.